The zero-order valence-electron chi connectivity index (χ0n) is 24.4. The number of carbonyl (C=O) groups excluding carboxylic acids is 5. The summed E-state index contributed by atoms with van der Waals surface area (Å²) < 4.78 is 2.49. The average molecular weight is 572 g/mol. The first kappa shape index (κ1) is 32.9. The van der Waals surface area contributed by atoms with E-state index in [4.69, 9.17) is 0 Å². The number of ketones is 1. The largest absolute Gasteiger partial charge is 0.353 e. The number of anilines is 1. The van der Waals surface area contributed by atoms with Crippen molar-refractivity contribution in [3.05, 3.63) is 46.6 Å². The van der Waals surface area contributed by atoms with Gasteiger partial charge in [0.25, 0.3) is 17.4 Å². The molecule has 0 bridgehead atoms. The highest BCUT2D eigenvalue weighted by Gasteiger charge is 2.26. The van der Waals surface area contributed by atoms with Crippen LogP contribution in [0.5, 0.6) is 0 Å². The van der Waals surface area contributed by atoms with Crippen molar-refractivity contribution in [3.8, 4) is 0 Å². The van der Waals surface area contributed by atoms with E-state index in [9.17, 15) is 28.8 Å². The predicted octanol–water partition coefficient (Wildman–Crippen LogP) is 1.14. The van der Waals surface area contributed by atoms with Crippen molar-refractivity contribution in [2.24, 2.45) is 13.0 Å². The molecule has 0 fully saturated rings. The number of nitrogens with one attached hydrogen (secondary N) is 4. The minimum absolute atomic E-state index is 0.0566. The van der Waals surface area contributed by atoms with Crippen molar-refractivity contribution in [2.45, 2.75) is 77.9 Å². The Kier molecular flexibility index (Phi) is 12.9. The Morgan fingerprint density at radius 1 is 1.05 bits per heavy atom. The van der Waals surface area contributed by atoms with E-state index in [2.05, 4.69) is 40.2 Å². The summed E-state index contributed by atoms with van der Waals surface area (Å²) in [7, 11) is 2.86. The summed E-state index contributed by atoms with van der Waals surface area (Å²) in [6.45, 7) is 5.96. The third kappa shape index (κ3) is 10.00. The summed E-state index contributed by atoms with van der Waals surface area (Å²) in [4.78, 5) is 75.4. The second-order valence-corrected chi connectivity index (χ2v) is 10.0. The highest BCUT2D eigenvalue weighted by Crippen LogP contribution is 2.17. The Morgan fingerprint density at radius 3 is 2.39 bits per heavy atom. The van der Waals surface area contributed by atoms with Crippen LogP contribution in [-0.4, -0.2) is 62.9 Å². The highest BCUT2D eigenvalue weighted by molar-refractivity contribution is 6.36. The van der Waals surface area contributed by atoms with Gasteiger partial charge in [-0.05, 0) is 43.9 Å². The zero-order valence-corrected chi connectivity index (χ0v) is 24.4. The average Bonchev–Trinajstić information content (AvgIpc) is 3.37. The van der Waals surface area contributed by atoms with E-state index in [-0.39, 0.29) is 42.7 Å². The third-order valence-electron chi connectivity index (χ3n) is 6.78. The van der Waals surface area contributed by atoms with Crippen LogP contribution < -0.4 is 26.8 Å². The highest BCUT2D eigenvalue weighted by atomic mass is 16.2. The molecule has 0 aliphatic carbocycles. The fraction of sp³-hybridized carbons (Fsp3) is 0.536. The molecule has 2 aromatic rings. The Balaban J connectivity index is 2.14. The van der Waals surface area contributed by atoms with E-state index >= 15 is 0 Å². The van der Waals surface area contributed by atoms with Gasteiger partial charge in [0.2, 0.25) is 17.6 Å². The number of nitrogens with zero attached hydrogens (tertiary/aromatic N) is 3. The smallest absolute Gasteiger partial charge is 0.287 e. The van der Waals surface area contributed by atoms with E-state index in [0.717, 1.165) is 25.7 Å². The van der Waals surface area contributed by atoms with Gasteiger partial charge in [-0.25, -0.2) is 0 Å². The van der Waals surface area contributed by atoms with E-state index in [1.165, 1.54) is 46.9 Å². The van der Waals surface area contributed by atoms with Gasteiger partial charge in [0.15, 0.2) is 0 Å². The first-order chi connectivity index (χ1) is 19.5. The molecule has 2 aromatic heterocycles. The lowest BCUT2D eigenvalue weighted by molar-refractivity contribution is -0.137. The first-order valence-corrected chi connectivity index (χ1v) is 13.8. The van der Waals surface area contributed by atoms with Gasteiger partial charge in [0.1, 0.15) is 24.0 Å². The normalized spacial score (nSPS) is 13.0. The van der Waals surface area contributed by atoms with Gasteiger partial charge in [-0.2, -0.15) is 5.10 Å². The van der Waals surface area contributed by atoms with Crippen LogP contribution in [0.3, 0.4) is 0 Å². The molecule has 0 aliphatic rings. The molecule has 0 radical (unpaired) electrons. The predicted molar refractivity (Wildman–Crippen MR) is 153 cm³/mol. The number of hydrogen-bond donors (Lipinski definition) is 4. The molecule has 0 saturated heterocycles. The summed E-state index contributed by atoms with van der Waals surface area (Å²) in [5, 5.41) is 14.1. The molecule has 3 unspecified atom stereocenters. The lowest BCUT2D eigenvalue weighted by Crippen LogP contribution is -2.46. The number of likely N-dealkylation sites (N-methyl/N-ethyl adjacent to an activating group) is 1. The Labute approximate surface area is 239 Å². The summed E-state index contributed by atoms with van der Waals surface area (Å²) in [6.07, 6.45) is 6.37. The topological polar surface area (TPSA) is 173 Å². The quantitative estimate of drug-likeness (QED) is 0.219. The fourth-order valence-electron chi connectivity index (χ4n) is 4.53. The minimum atomic E-state index is -1.25. The lowest BCUT2D eigenvalue weighted by Gasteiger charge is -2.21. The van der Waals surface area contributed by atoms with Gasteiger partial charge in [-0.15, -0.1) is 0 Å². The standard InChI is InChI=1S/C28H41N7O6/c1-6-9-19(7-2)16-18(3)31-24(37)17-35-15-8-10-21(28(35)41)33-25(38)20(11-12-23(36)27(40)29-4)32-26(39)22-13-14-30-34(22)5/h8,10,13-15,18-20H,6-7,9,11-12,16-17H2,1-5H3,(H,29,40)(H,31,37)(H,32,39)(H,33,38). The van der Waals surface area contributed by atoms with Gasteiger partial charge >= 0.3 is 0 Å². The molecular formula is C28H41N7O6. The van der Waals surface area contributed by atoms with Crippen molar-refractivity contribution in [1.82, 2.24) is 30.3 Å². The zero-order chi connectivity index (χ0) is 30.5. The van der Waals surface area contributed by atoms with Crippen molar-refractivity contribution in [1.29, 1.82) is 0 Å². The summed E-state index contributed by atoms with van der Waals surface area (Å²) >= 11 is 0. The minimum Gasteiger partial charge on any atom is -0.353 e. The van der Waals surface area contributed by atoms with Crippen molar-refractivity contribution >= 4 is 35.1 Å². The molecular weight excluding hydrogens is 530 g/mol. The molecule has 2 heterocycles. The van der Waals surface area contributed by atoms with Crippen LogP contribution in [0.1, 0.15) is 69.8 Å². The monoisotopic (exact) mass is 571 g/mol. The number of rotatable bonds is 16. The van der Waals surface area contributed by atoms with Crippen LogP contribution in [-0.2, 0) is 32.8 Å². The molecule has 4 amide bonds. The van der Waals surface area contributed by atoms with Crippen LogP contribution in [0.4, 0.5) is 5.69 Å². The number of hydrogen-bond acceptors (Lipinski definition) is 7. The molecule has 224 valence electrons. The van der Waals surface area contributed by atoms with Gasteiger partial charge in [-0.3, -0.25) is 33.4 Å². The Morgan fingerprint density at radius 2 is 1.78 bits per heavy atom. The number of aromatic nitrogens is 3. The van der Waals surface area contributed by atoms with Crippen molar-refractivity contribution < 1.29 is 24.0 Å². The van der Waals surface area contributed by atoms with Crippen molar-refractivity contribution in [2.75, 3.05) is 12.4 Å². The number of carbonyl (C=O) groups is 5. The molecule has 13 heteroatoms. The van der Waals surface area contributed by atoms with Crippen LogP contribution in [0, 0.1) is 5.92 Å². The number of aryl methyl sites for hydroxylation is 1. The van der Waals surface area contributed by atoms with Crippen LogP contribution >= 0.6 is 0 Å². The summed E-state index contributed by atoms with van der Waals surface area (Å²) in [5.74, 6) is -2.80. The maximum absolute atomic E-state index is 13.2. The van der Waals surface area contributed by atoms with Gasteiger partial charge in [0, 0.05) is 39.0 Å². The number of Topliss-reactive ketones (excluding diaryl/α,β-unsaturated/α-hetero) is 1. The second-order valence-electron chi connectivity index (χ2n) is 10.0. The summed E-state index contributed by atoms with van der Waals surface area (Å²) in [5.41, 5.74) is -0.549. The lowest BCUT2D eigenvalue weighted by atomic mass is 9.93. The molecule has 0 aromatic carbocycles. The van der Waals surface area contributed by atoms with E-state index in [1.54, 1.807) is 7.05 Å². The van der Waals surface area contributed by atoms with Crippen LogP contribution in [0.2, 0.25) is 0 Å². The maximum Gasteiger partial charge on any atom is 0.287 e. The molecule has 3 atom stereocenters. The molecule has 2 rings (SSSR count). The Hall–Kier alpha value is -4.29. The maximum atomic E-state index is 13.2. The third-order valence-corrected chi connectivity index (χ3v) is 6.78. The Bertz CT molecular complexity index is 1280. The molecule has 13 nitrogen and oxygen atoms in total. The van der Waals surface area contributed by atoms with Crippen molar-refractivity contribution in [3.63, 3.8) is 0 Å². The van der Waals surface area contributed by atoms with Crippen LogP contribution in [0.15, 0.2) is 35.4 Å². The van der Waals surface area contributed by atoms with Gasteiger partial charge in [0.05, 0.1) is 0 Å². The van der Waals surface area contributed by atoms with E-state index in [1.807, 2.05) is 6.92 Å². The SMILES string of the molecule is CCCC(CC)CC(C)NC(=O)Cn1cccc(NC(=O)C(CCC(=O)C(=O)NC)NC(=O)c2ccnn2C)c1=O. The number of pyridine rings is 1. The van der Waals surface area contributed by atoms with E-state index < -0.39 is 35.1 Å². The fourth-order valence-corrected chi connectivity index (χ4v) is 4.53. The second kappa shape index (κ2) is 16.1. The molecule has 4 N–H and O–H groups in total. The summed E-state index contributed by atoms with van der Waals surface area (Å²) in [6, 6.07) is 3.04. The molecule has 41 heavy (non-hydrogen) atoms. The molecule has 0 aliphatic heterocycles. The van der Waals surface area contributed by atoms with Crippen LogP contribution in [0.25, 0.3) is 0 Å². The first-order valence-electron chi connectivity index (χ1n) is 13.8. The van der Waals surface area contributed by atoms with E-state index in [0.29, 0.717) is 5.92 Å². The molecule has 0 saturated carbocycles. The number of amides is 4. The van der Waals surface area contributed by atoms with Gasteiger partial charge < -0.3 is 25.8 Å². The van der Waals surface area contributed by atoms with Gasteiger partial charge in [-0.1, -0.05) is 33.1 Å². The molecule has 0 spiro atoms.